The second-order valence-electron chi connectivity index (χ2n) is 23.1. The molecular formula is C72H130O6. The third kappa shape index (κ3) is 63.9. The van der Waals surface area contributed by atoms with E-state index in [0.717, 1.165) is 96.3 Å². The van der Waals surface area contributed by atoms with E-state index in [0.29, 0.717) is 19.3 Å². The first-order chi connectivity index (χ1) is 38.5. The molecule has 0 aromatic carbocycles. The van der Waals surface area contributed by atoms with Crippen molar-refractivity contribution < 1.29 is 28.6 Å². The van der Waals surface area contributed by atoms with Gasteiger partial charge < -0.3 is 14.2 Å². The molecule has 0 aromatic rings. The molecule has 0 aliphatic carbocycles. The third-order valence-electron chi connectivity index (χ3n) is 15.2. The van der Waals surface area contributed by atoms with Gasteiger partial charge in [0.25, 0.3) is 0 Å². The van der Waals surface area contributed by atoms with Gasteiger partial charge in [-0.05, 0) is 96.3 Å². The molecule has 0 aliphatic rings. The van der Waals surface area contributed by atoms with E-state index in [-0.39, 0.29) is 31.1 Å². The van der Waals surface area contributed by atoms with Crippen LogP contribution in [0.5, 0.6) is 0 Å². The molecule has 454 valence electrons. The van der Waals surface area contributed by atoms with Crippen LogP contribution in [0.25, 0.3) is 0 Å². The largest absolute Gasteiger partial charge is 0.462 e. The lowest BCUT2D eigenvalue weighted by Crippen LogP contribution is -2.30. The summed E-state index contributed by atoms with van der Waals surface area (Å²) >= 11 is 0. The molecule has 0 saturated carbocycles. The van der Waals surface area contributed by atoms with Gasteiger partial charge in [-0.3, -0.25) is 14.4 Å². The molecule has 78 heavy (non-hydrogen) atoms. The topological polar surface area (TPSA) is 78.9 Å². The van der Waals surface area contributed by atoms with Gasteiger partial charge in [0.1, 0.15) is 13.2 Å². The van der Waals surface area contributed by atoms with Crippen molar-refractivity contribution in [2.45, 2.75) is 367 Å². The molecule has 1 atom stereocenters. The van der Waals surface area contributed by atoms with Crippen LogP contribution in [0, 0.1) is 0 Å². The molecule has 6 heteroatoms. The standard InChI is InChI=1S/C72H130O6/c1-4-7-10-13-16-19-22-24-26-27-28-29-30-31-32-33-34-35-36-37-38-39-40-41-42-43-44-45-46-48-50-53-56-59-62-65-71(74)77-68-69(67-76-70(73)64-61-58-55-52-49-21-18-15-12-9-6-3)78-72(75)66-63-60-57-54-51-47-25-23-20-17-14-11-8-5-2/h14-15,17-18,22-25,27-28,69H,4-13,16,19-21,26,29-68H2,1-3H3/b17-14-,18-15-,24-22-,25-23-,28-27-. The summed E-state index contributed by atoms with van der Waals surface area (Å²) in [5.41, 5.74) is 0. The van der Waals surface area contributed by atoms with Crippen LogP contribution in [0.15, 0.2) is 60.8 Å². The molecule has 0 amide bonds. The monoisotopic (exact) mass is 1090 g/mol. The smallest absolute Gasteiger partial charge is 0.306 e. The molecule has 0 aliphatic heterocycles. The second-order valence-corrected chi connectivity index (χ2v) is 23.1. The van der Waals surface area contributed by atoms with Gasteiger partial charge in [-0.1, -0.05) is 306 Å². The van der Waals surface area contributed by atoms with E-state index in [1.54, 1.807) is 0 Å². The summed E-state index contributed by atoms with van der Waals surface area (Å²) in [6, 6.07) is 0. The zero-order chi connectivity index (χ0) is 56.4. The summed E-state index contributed by atoms with van der Waals surface area (Å²) in [5.74, 6) is -0.887. The molecule has 0 rings (SSSR count). The molecule has 0 heterocycles. The maximum Gasteiger partial charge on any atom is 0.306 e. The lowest BCUT2D eigenvalue weighted by Gasteiger charge is -2.18. The molecule has 0 saturated heterocycles. The van der Waals surface area contributed by atoms with Crippen molar-refractivity contribution in [3.63, 3.8) is 0 Å². The van der Waals surface area contributed by atoms with Crippen LogP contribution in [0.3, 0.4) is 0 Å². The highest BCUT2D eigenvalue weighted by atomic mass is 16.6. The summed E-state index contributed by atoms with van der Waals surface area (Å²) in [6.45, 7) is 6.57. The Labute approximate surface area is 485 Å². The van der Waals surface area contributed by atoms with Crippen LogP contribution in [-0.2, 0) is 28.6 Å². The quantitative estimate of drug-likeness (QED) is 0.0261. The minimum Gasteiger partial charge on any atom is -0.462 e. The van der Waals surface area contributed by atoms with Crippen LogP contribution in [-0.4, -0.2) is 37.2 Å². The minimum absolute atomic E-state index is 0.0790. The second kappa shape index (κ2) is 66.6. The van der Waals surface area contributed by atoms with E-state index in [4.69, 9.17) is 14.2 Å². The van der Waals surface area contributed by atoms with Crippen LogP contribution in [0.1, 0.15) is 361 Å². The Morgan fingerprint density at radius 1 is 0.256 bits per heavy atom. The highest BCUT2D eigenvalue weighted by Gasteiger charge is 2.19. The van der Waals surface area contributed by atoms with Gasteiger partial charge in [0.05, 0.1) is 0 Å². The van der Waals surface area contributed by atoms with Crippen molar-refractivity contribution >= 4 is 17.9 Å². The van der Waals surface area contributed by atoms with E-state index in [1.165, 1.54) is 225 Å². The highest BCUT2D eigenvalue weighted by molar-refractivity contribution is 5.71. The fraction of sp³-hybridized carbons (Fsp3) is 0.819. The Hall–Kier alpha value is -2.89. The highest BCUT2D eigenvalue weighted by Crippen LogP contribution is 2.18. The maximum atomic E-state index is 12.9. The van der Waals surface area contributed by atoms with Gasteiger partial charge in [0.2, 0.25) is 0 Å². The molecule has 6 nitrogen and oxygen atoms in total. The average Bonchev–Trinajstić information content (AvgIpc) is 3.44. The van der Waals surface area contributed by atoms with E-state index in [1.807, 2.05) is 0 Å². The predicted octanol–water partition coefficient (Wildman–Crippen LogP) is 23.5. The summed E-state index contributed by atoms with van der Waals surface area (Å²) < 4.78 is 16.9. The molecule has 0 bridgehead atoms. The van der Waals surface area contributed by atoms with E-state index >= 15 is 0 Å². The van der Waals surface area contributed by atoms with Crippen LogP contribution >= 0.6 is 0 Å². The van der Waals surface area contributed by atoms with Gasteiger partial charge >= 0.3 is 17.9 Å². The normalized spacial score (nSPS) is 12.4. The van der Waals surface area contributed by atoms with Crippen molar-refractivity contribution in [2.75, 3.05) is 13.2 Å². The van der Waals surface area contributed by atoms with Gasteiger partial charge in [0, 0.05) is 19.3 Å². The van der Waals surface area contributed by atoms with E-state index in [2.05, 4.69) is 81.5 Å². The van der Waals surface area contributed by atoms with Crippen molar-refractivity contribution in [3.05, 3.63) is 60.8 Å². The molecule has 0 spiro atoms. The van der Waals surface area contributed by atoms with Crippen molar-refractivity contribution in [1.29, 1.82) is 0 Å². The number of hydrogen-bond donors (Lipinski definition) is 0. The number of hydrogen-bond acceptors (Lipinski definition) is 6. The Morgan fingerprint density at radius 2 is 0.474 bits per heavy atom. The average molecular weight is 1090 g/mol. The first-order valence-electron chi connectivity index (χ1n) is 34.3. The first kappa shape index (κ1) is 75.1. The van der Waals surface area contributed by atoms with Gasteiger partial charge in [-0.15, -0.1) is 0 Å². The van der Waals surface area contributed by atoms with Crippen LogP contribution in [0.2, 0.25) is 0 Å². The van der Waals surface area contributed by atoms with Gasteiger partial charge in [0.15, 0.2) is 6.10 Å². The van der Waals surface area contributed by atoms with Crippen molar-refractivity contribution in [1.82, 2.24) is 0 Å². The summed E-state index contributed by atoms with van der Waals surface area (Å²) in [5, 5.41) is 0. The summed E-state index contributed by atoms with van der Waals surface area (Å²) in [6.07, 6.45) is 85.6. The maximum absolute atomic E-state index is 12.9. The molecule has 0 radical (unpaired) electrons. The Balaban J connectivity index is 4.02. The number of allylic oxidation sites excluding steroid dienone is 10. The Bertz CT molecular complexity index is 1390. The van der Waals surface area contributed by atoms with Gasteiger partial charge in [-0.2, -0.15) is 0 Å². The number of rotatable bonds is 63. The SMILES string of the molecule is CCCC/C=C\C/C=C\CCCCCCCC(=O)OC(COC(=O)CCCCCCC/C=C\CCCC)COC(=O)CCCCCCCCCCCCCCCCCCCCCCCCC/C=C\C/C=C\CCCCCCC. The fourth-order valence-corrected chi connectivity index (χ4v) is 10.0. The fourth-order valence-electron chi connectivity index (χ4n) is 10.0. The molecular weight excluding hydrogens is 961 g/mol. The van der Waals surface area contributed by atoms with Crippen molar-refractivity contribution in [3.8, 4) is 0 Å². The predicted molar refractivity (Wildman–Crippen MR) is 339 cm³/mol. The zero-order valence-corrected chi connectivity index (χ0v) is 52.2. The summed E-state index contributed by atoms with van der Waals surface area (Å²) in [7, 11) is 0. The molecule has 0 aromatic heterocycles. The lowest BCUT2D eigenvalue weighted by atomic mass is 10.0. The first-order valence-corrected chi connectivity index (χ1v) is 34.3. The number of esters is 3. The van der Waals surface area contributed by atoms with Crippen LogP contribution < -0.4 is 0 Å². The minimum atomic E-state index is -0.783. The number of carbonyl (C=O) groups is 3. The zero-order valence-electron chi connectivity index (χ0n) is 52.2. The number of ether oxygens (including phenoxy) is 3. The molecule has 1 unspecified atom stereocenters. The summed E-state index contributed by atoms with van der Waals surface area (Å²) in [4.78, 5) is 38.2. The molecule has 0 N–H and O–H groups in total. The number of carbonyl (C=O) groups excluding carboxylic acids is 3. The third-order valence-corrected chi connectivity index (χ3v) is 15.2. The van der Waals surface area contributed by atoms with E-state index in [9.17, 15) is 14.4 Å². The van der Waals surface area contributed by atoms with E-state index < -0.39 is 6.10 Å². The molecule has 0 fully saturated rings. The van der Waals surface area contributed by atoms with Crippen LogP contribution in [0.4, 0.5) is 0 Å². The Morgan fingerprint density at radius 3 is 0.756 bits per heavy atom. The lowest BCUT2D eigenvalue weighted by molar-refractivity contribution is -0.167. The van der Waals surface area contributed by atoms with Crippen molar-refractivity contribution in [2.24, 2.45) is 0 Å². The Kier molecular flexibility index (Phi) is 64.2. The number of unbranched alkanes of at least 4 members (excludes halogenated alkanes) is 42. The van der Waals surface area contributed by atoms with Gasteiger partial charge in [-0.25, -0.2) is 0 Å².